The number of benzene rings is 2. The van der Waals surface area contributed by atoms with E-state index in [0.717, 1.165) is 36.2 Å². The average Bonchev–Trinajstić information content (AvgIpc) is 2.76. The number of hydrogen-bond acceptors (Lipinski definition) is 4. The minimum Gasteiger partial charge on any atom is -0.496 e. The van der Waals surface area contributed by atoms with E-state index in [-0.39, 0.29) is 23.8 Å². The highest BCUT2D eigenvalue weighted by atomic mass is 16.5. The van der Waals surface area contributed by atoms with Crippen LogP contribution >= 0.6 is 0 Å². The molecule has 1 fully saturated rings. The van der Waals surface area contributed by atoms with Gasteiger partial charge in [-0.1, -0.05) is 26.0 Å². The molecule has 0 aromatic heterocycles. The summed E-state index contributed by atoms with van der Waals surface area (Å²) in [5.41, 5.74) is 2.85. The van der Waals surface area contributed by atoms with Crippen LogP contribution in [0.1, 0.15) is 59.7 Å². The molecule has 1 saturated heterocycles. The SMILES string of the molecule is COc1cc(C)cc(OC)c1C(CC(=O)N1C[C@H](C)C[C@H](C)C1)c1ccc(C(=O)O)cc1. The van der Waals surface area contributed by atoms with Crippen LogP contribution in [0.15, 0.2) is 36.4 Å². The Morgan fingerprint density at radius 1 is 1.03 bits per heavy atom. The lowest BCUT2D eigenvalue weighted by Crippen LogP contribution is -2.43. The summed E-state index contributed by atoms with van der Waals surface area (Å²) in [4.78, 5) is 26.7. The van der Waals surface area contributed by atoms with Gasteiger partial charge < -0.3 is 19.5 Å². The Hall–Kier alpha value is -3.02. The monoisotopic (exact) mass is 439 g/mol. The Labute approximate surface area is 190 Å². The first-order valence-electron chi connectivity index (χ1n) is 11.1. The Balaban J connectivity index is 2.04. The molecule has 1 amide bonds. The van der Waals surface area contributed by atoms with Crippen molar-refractivity contribution in [3.63, 3.8) is 0 Å². The predicted molar refractivity (Wildman–Crippen MR) is 124 cm³/mol. The van der Waals surface area contributed by atoms with Crippen molar-refractivity contribution in [1.82, 2.24) is 4.90 Å². The van der Waals surface area contributed by atoms with Crippen molar-refractivity contribution in [2.24, 2.45) is 11.8 Å². The number of carbonyl (C=O) groups is 2. The molecule has 1 aliphatic heterocycles. The van der Waals surface area contributed by atoms with Gasteiger partial charge in [-0.2, -0.15) is 0 Å². The number of carboxylic acids is 1. The summed E-state index contributed by atoms with van der Waals surface area (Å²) in [5, 5.41) is 9.29. The molecule has 1 aliphatic rings. The van der Waals surface area contributed by atoms with Gasteiger partial charge in [-0.25, -0.2) is 4.79 Å². The molecule has 0 saturated carbocycles. The van der Waals surface area contributed by atoms with Gasteiger partial charge in [-0.15, -0.1) is 0 Å². The molecule has 172 valence electrons. The van der Waals surface area contributed by atoms with Crippen molar-refractivity contribution in [3.05, 3.63) is 58.7 Å². The normalized spacial score (nSPS) is 19.3. The molecule has 0 bridgehead atoms. The maximum Gasteiger partial charge on any atom is 0.335 e. The molecule has 2 aromatic rings. The minimum atomic E-state index is -0.981. The van der Waals surface area contributed by atoms with Crippen LogP contribution < -0.4 is 9.47 Å². The van der Waals surface area contributed by atoms with E-state index in [2.05, 4.69) is 13.8 Å². The number of aromatic carboxylic acids is 1. The Morgan fingerprint density at radius 2 is 1.56 bits per heavy atom. The average molecular weight is 440 g/mol. The van der Waals surface area contributed by atoms with Crippen LogP contribution in [0, 0.1) is 18.8 Å². The molecule has 6 heteroatoms. The van der Waals surface area contributed by atoms with Crippen molar-refractivity contribution < 1.29 is 24.2 Å². The van der Waals surface area contributed by atoms with E-state index < -0.39 is 5.97 Å². The predicted octanol–water partition coefficient (Wildman–Crippen LogP) is 4.74. The van der Waals surface area contributed by atoms with E-state index in [1.165, 1.54) is 0 Å². The number of methoxy groups -OCH3 is 2. The number of carboxylic acid groups (broad SMARTS) is 1. The van der Waals surface area contributed by atoms with Gasteiger partial charge in [0.25, 0.3) is 0 Å². The van der Waals surface area contributed by atoms with Gasteiger partial charge in [0.15, 0.2) is 0 Å². The zero-order valence-electron chi connectivity index (χ0n) is 19.6. The molecule has 0 radical (unpaired) electrons. The van der Waals surface area contributed by atoms with Crippen LogP contribution in [0.2, 0.25) is 0 Å². The van der Waals surface area contributed by atoms with Crippen molar-refractivity contribution in [2.75, 3.05) is 27.3 Å². The molecule has 2 aromatic carbocycles. The highest BCUT2D eigenvalue weighted by molar-refractivity contribution is 5.87. The van der Waals surface area contributed by atoms with Crippen LogP contribution in [0.25, 0.3) is 0 Å². The Bertz CT molecular complexity index is 934. The fourth-order valence-electron chi connectivity index (χ4n) is 4.83. The van der Waals surface area contributed by atoms with Crippen molar-refractivity contribution in [1.29, 1.82) is 0 Å². The molecule has 32 heavy (non-hydrogen) atoms. The van der Waals surface area contributed by atoms with Crippen LogP contribution in [0.3, 0.4) is 0 Å². The van der Waals surface area contributed by atoms with E-state index >= 15 is 0 Å². The topological polar surface area (TPSA) is 76.1 Å². The van der Waals surface area contributed by atoms with E-state index in [9.17, 15) is 14.7 Å². The van der Waals surface area contributed by atoms with Gasteiger partial charge >= 0.3 is 5.97 Å². The Morgan fingerprint density at radius 3 is 2.03 bits per heavy atom. The second-order valence-electron chi connectivity index (χ2n) is 9.01. The molecule has 1 N–H and O–H groups in total. The maximum absolute atomic E-state index is 13.4. The highest BCUT2D eigenvalue weighted by Crippen LogP contribution is 2.42. The fraction of sp³-hybridized carbons (Fsp3) is 0.462. The van der Waals surface area contributed by atoms with Crippen LogP contribution in [0.5, 0.6) is 11.5 Å². The van der Waals surface area contributed by atoms with Crippen LogP contribution in [-0.2, 0) is 4.79 Å². The van der Waals surface area contributed by atoms with Gasteiger partial charge in [-0.3, -0.25) is 4.79 Å². The summed E-state index contributed by atoms with van der Waals surface area (Å²) in [6.45, 7) is 7.85. The molecule has 3 atom stereocenters. The summed E-state index contributed by atoms with van der Waals surface area (Å²) < 4.78 is 11.4. The van der Waals surface area contributed by atoms with Gasteiger partial charge in [0.05, 0.1) is 19.8 Å². The molecule has 3 rings (SSSR count). The lowest BCUT2D eigenvalue weighted by atomic mass is 9.85. The van der Waals surface area contributed by atoms with Crippen LogP contribution in [0.4, 0.5) is 0 Å². The van der Waals surface area contributed by atoms with E-state index in [1.807, 2.05) is 24.0 Å². The molecule has 1 heterocycles. The number of aryl methyl sites for hydroxylation is 1. The summed E-state index contributed by atoms with van der Waals surface area (Å²) in [6, 6.07) is 10.6. The van der Waals surface area contributed by atoms with Gasteiger partial charge in [0.1, 0.15) is 11.5 Å². The lowest BCUT2D eigenvalue weighted by molar-refractivity contribution is -0.134. The molecular weight excluding hydrogens is 406 g/mol. The van der Waals surface area contributed by atoms with Gasteiger partial charge in [0.2, 0.25) is 5.91 Å². The largest absolute Gasteiger partial charge is 0.496 e. The third-order valence-electron chi connectivity index (χ3n) is 6.20. The van der Waals surface area contributed by atoms with Crippen molar-refractivity contribution in [3.8, 4) is 11.5 Å². The third-order valence-corrected chi connectivity index (χ3v) is 6.20. The van der Waals surface area contributed by atoms with Gasteiger partial charge in [-0.05, 0) is 60.6 Å². The summed E-state index contributed by atoms with van der Waals surface area (Å²) in [5.74, 6) is 1.03. The molecule has 6 nitrogen and oxygen atoms in total. The highest BCUT2D eigenvalue weighted by Gasteiger charge is 2.31. The zero-order valence-corrected chi connectivity index (χ0v) is 19.6. The Kier molecular flexibility index (Phi) is 7.44. The number of hydrogen-bond donors (Lipinski definition) is 1. The standard InChI is InChI=1S/C26H33NO5/c1-16-11-22(31-4)25(23(12-16)32-5)21(19-6-8-20(9-7-19)26(29)30)13-24(28)27-14-17(2)10-18(3)15-27/h6-9,11-12,17-18,21H,10,13-15H2,1-5H3,(H,29,30)/t17-,18+,21?. The number of likely N-dealkylation sites (tertiary alicyclic amines) is 1. The number of piperidine rings is 1. The summed E-state index contributed by atoms with van der Waals surface area (Å²) in [7, 11) is 3.22. The third kappa shape index (κ3) is 5.23. The first kappa shape index (κ1) is 23.6. The van der Waals surface area contributed by atoms with E-state index in [4.69, 9.17) is 9.47 Å². The number of carbonyl (C=O) groups excluding carboxylic acids is 1. The lowest BCUT2D eigenvalue weighted by Gasteiger charge is -2.36. The van der Waals surface area contributed by atoms with Crippen molar-refractivity contribution >= 4 is 11.9 Å². The number of nitrogens with zero attached hydrogens (tertiary/aromatic N) is 1. The summed E-state index contributed by atoms with van der Waals surface area (Å²) >= 11 is 0. The first-order chi connectivity index (χ1) is 15.2. The number of rotatable bonds is 7. The quantitative estimate of drug-likeness (QED) is 0.675. The smallest absolute Gasteiger partial charge is 0.335 e. The molecule has 0 spiro atoms. The maximum atomic E-state index is 13.4. The minimum absolute atomic E-state index is 0.0837. The first-order valence-corrected chi connectivity index (χ1v) is 11.1. The zero-order chi connectivity index (χ0) is 23.4. The second-order valence-corrected chi connectivity index (χ2v) is 9.01. The summed E-state index contributed by atoms with van der Waals surface area (Å²) in [6.07, 6.45) is 1.38. The molecule has 1 unspecified atom stereocenters. The molecular formula is C26H33NO5. The number of amides is 1. The number of ether oxygens (including phenoxy) is 2. The van der Waals surface area contributed by atoms with Gasteiger partial charge in [0, 0.05) is 31.0 Å². The van der Waals surface area contributed by atoms with E-state index in [0.29, 0.717) is 23.3 Å². The molecule has 0 aliphatic carbocycles. The second kappa shape index (κ2) is 10.1. The fourth-order valence-corrected chi connectivity index (χ4v) is 4.83. The van der Waals surface area contributed by atoms with Crippen LogP contribution in [-0.4, -0.2) is 49.2 Å². The van der Waals surface area contributed by atoms with E-state index in [1.54, 1.807) is 38.5 Å². The van der Waals surface area contributed by atoms with Crippen molar-refractivity contribution in [2.45, 2.75) is 39.5 Å².